The van der Waals surface area contributed by atoms with Gasteiger partial charge in [0.1, 0.15) is 11.9 Å². The van der Waals surface area contributed by atoms with Gasteiger partial charge in [0.15, 0.2) is 11.5 Å². The SMILES string of the molecule is COc1cccc(CCC(=O)NC(c2ccccc2)c2nccn2C)c1OC. The molecule has 0 spiro atoms. The largest absolute Gasteiger partial charge is 0.493 e. The Labute approximate surface area is 165 Å². The lowest BCUT2D eigenvalue weighted by Crippen LogP contribution is -2.31. The Bertz CT molecular complexity index is 922. The molecule has 0 saturated carbocycles. The molecule has 0 aliphatic rings. The molecule has 0 aliphatic heterocycles. The lowest BCUT2D eigenvalue weighted by Gasteiger charge is -2.19. The Morgan fingerprint density at radius 1 is 1.11 bits per heavy atom. The quantitative estimate of drug-likeness (QED) is 0.652. The van der Waals surface area contributed by atoms with Gasteiger partial charge in [0.25, 0.3) is 0 Å². The minimum Gasteiger partial charge on any atom is -0.493 e. The molecule has 0 radical (unpaired) electrons. The Balaban J connectivity index is 1.74. The van der Waals surface area contributed by atoms with Crippen molar-refractivity contribution in [3.05, 3.63) is 77.9 Å². The van der Waals surface area contributed by atoms with Gasteiger partial charge in [-0.05, 0) is 23.6 Å². The Hall–Kier alpha value is -3.28. The minimum atomic E-state index is -0.305. The number of hydrogen-bond acceptors (Lipinski definition) is 4. The summed E-state index contributed by atoms with van der Waals surface area (Å²) in [5.74, 6) is 2.07. The molecule has 28 heavy (non-hydrogen) atoms. The monoisotopic (exact) mass is 379 g/mol. The molecule has 6 nitrogen and oxygen atoms in total. The summed E-state index contributed by atoms with van der Waals surface area (Å²) in [4.78, 5) is 17.2. The van der Waals surface area contributed by atoms with Crippen molar-refractivity contribution in [2.24, 2.45) is 7.05 Å². The van der Waals surface area contributed by atoms with Crippen LogP contribution in [-0.4, -0.2) is 29.7 Å². The molecule has 6 heteroatoms. The molecule has 146 valence electrons. The fraction of sp³-hybridized carbons (Fsp3) is 0.273. The van der Waals surface area contributed by atoms with E-state index in [-0.39, 0.29) is 11.9 Å². The molecule has 0 saturated heterocycles. The number of ether oxygens (including phenoxy) is 2. The van der Waals surface area contributed by atoms with Crippen molar-refractivity contribution in [2.45, 2.75) is 18.9 Å². The lowest BCUT2D eigenvalue weighted by atomic mass is 10.0. The molecule has 0 bridgehead atoms. The van der Waals surface area contributed by atoms with Crippen LogP contribution in [0.25, 0.3) is 0 Å². The zero-order chi connectivity index (χ0) is 19.9. The van der Waals surface area contributed by atoms with Crippen molar-refractivity contribution in [2.75, 3.05) is 14.2 Å². The zero-order valence-corrected chi connectivity index (χ0v) is 16.4. The average molecular weight is 379 g/mol. The third-order valence-electron chi connectivity index (χ3n) is 4.66. The number of carbonyl (C=O) groups is 1. The van der Waals surface area contributed by atoms with E-state index in [0.717, 1.165) is 17.0 Å². The van der Waals surface area contributed by atoms with Crippen LogP contribution in [0.1, 0.15) is 29.4 Å². The number of benzene rings is 2. The number of para-hydroxylation sites is 1. The molecule has 1 unspecified atom stereocenters. The first-order valence-electron chi connectivity index (χ1n) is 9.15. The van der Waals surface area contributed by atoms with E-state index >= 15 is 0 Å². The van der Waals surface area contributed by atoms with Gasteiger partial charge in [-0.25, -0.2) is 4.98 Å². The second kappa shape index (κ2) is 9.08. The van der Waals surface area contributed by atoms with Crippen molar-refractivity contribution in [1.29, 1.82) is 0 Å². The number of amides is 1. The Morgan fingerprint density at radius 2 is 1.89 bits per heavy atom. The summed E-state index contributed by atoms with van der Waals surface area (Å²) in [6.45, 7) is 0. The smallest absolute Gasteiger partial charge is 0.221 e. The molecule has 1 N–H and O–H groups in total. The number of methoxy groups -OCH3 is 2. The topological polar surface area (TPSA) is 65.4 Å². The highest BCUT2D eigenvalue weighted by molar-refractivity contribution is 5.77. The number of hydrogen-bond donors (Lipinski definition) is 1. The second-order valence-electron chi connectivity index (χ2n) is 6.46. The van der Waals surface area contributed by atoms with Crippen molar-refractivity contribution < 1.29 is 14.3 Å². The van der Waals surface area contributed by atoms with E-state index in [1.807, 2.05) is 66.3 Å². The van der Waals surface area contributed by atoms with Gasteiger partial charge in [0.2, 0.25) is 5.91 Å². The first kappa shape index (κ1) is 19.5. The zero-order valence-electron chi connectivity index (χ0n) is 16.4. The maximum Gasteiger partial charge on any atom is 0.221 e. The number of nitrogens with zero attached hydrogens (tertiary/aromatic N) is 2. The van der Waals surface area contributed by atoms with Gasteiger partial charge in [-0.1, -0.05) is 42.5 Å². The van der Waals surface area contributed by atoms with Crippen molar-refractivity contribution >= 4 is 5.91 Å². The highest BCUT2D eigenvalue weighted by Gasteiger charge is 2.21. The molecule has 3 rings (SSSR count). The van der Waals surface area contributed by atoms with E-state index in [9.17, 15) is 4.79 Å². The summed E-state index contributed by atoms with van der Waals surface area (Å²) in [6, 6.07) is 15.2. The molecule has 0 aliphatic carbocycles. The summed E-state index contributed by atoms with van der Waals surface area (Å²) >= 11 is 0. The second-order valence-corrected chi connectivity index (χ2v) is 6.46. The van der Waals surface area contributed by atoms with Crippen LogP contribution in [0.5, 0.6) is 11.5 Å². The van der Waals surface area contributed by atoms with E-state index in [0.29, 0.717) is 24.3 Å². The number of aromatic nitrogens is 2. The highest BCUT2D eigenvalue weighted by atomic mass is 16.5. The van der Waals surface area contributed by atoms with Crippen LogP contribution in [0.15, 0.2) is 60.9 Å². The first-order valence-corrected chi connectivity index (χ1v) is 9.15. The Morgan fingerprint density at radius 3 is 2.54 bits per heavy atom. The summed E-state index contributed by atoms with van der Waals surface area (Å²) < 4.78 is 12.7. The van der Waals surface area contributed by atoms with Crippen LogP contribution >= 0.6 is 0 Å². The van der Waals surface area contributed by atoms with Gasteiger partial charge in [-0.2, -0.15) is 0 Å². The van der Waals surface area contributed by atoms with E-state index in [1.165, 1.54) is 0 Å². The number of rotatable bonds is 8. The molecule has 0 fully saturated rings. The predicted molar refractivity (Wildman–Crippen MR) is 108 cm³/mol. The van der Waals surface area contributed by atoms with Crippen molar-refractivity contribution in [3.8, 4) is 11.5 Å². The number of nitrogens with one attached hydrogen (secondary N) is 1. The number of imidazole rings is 1. The van der Waals surface area contributed by atoms with Crippen LogP contribution in [0.4, 0.5) is 0 Å². The third kappa shape index (κ3) is 4.34. The van der Waals surface area contributed by atoms with Gasteiger partial charge in [0.05, 0.1) is 14.2 Å². The molecule has 1 atom stereocenters. The van der Waals surface area contributed by atoms with Crippen molar-refractivity contribution in [3.63, 3.8) is 0 Å². The fourth-order valence-electron chi connectivity index (χ4n) is 3.23. The molecule has 1 amide bonds. The summed E-state index contributed by atoms with van der Waals surface area (Å²) in [6.07, 6.45) is 4.49. The molecule has 1 aromatic heterocycles. The standard InChI is InChI=1S/C22H25N3O3/c1-25-15-14-23-22(25)20(16-8-5-4-6-9-16)24-19(26)13-12-17-10-7-11-18(27-2)21(17)28-3/h4-11,14-15,20H,12-13H2,1-3H3,(H,24,26). The van der Waals surface area contributed by atoms with E-state index in [2.05, 4.69) is 10.3 Å². The lowest BCUT2D eigenvalue weighted by molar-refractivity contribution is -0.121. The molecule has 2 aromatic carbocycles. The normalized spacial score (nSPS) is 11.7. The first-order chi connectivity index (χ1) is 13.6. The summed E-state index contributed by atoms with van der Waals surface area (Å²) in [5, 5.41) is 3.12. The van der Waals surface area contributed by atoms with Crippen LogP contribution < -0.4 is 14.8 Å². The van der Waals surface area contributed by atoms with Crippen LogP contribution in [0.2, 0.25) is 0 Å². The Kier molecular flexibility index (Phi) is 6.32. The molecule has 1 heterocycles. The number of aryl methyl sites for hydroxylation is 2. The maximum absolute atomic E-state index is 12.7. The summed E-state index contributed by atoms with van der Waals surface area (Å²) in [5.41, 5.74) is 1.93. The minimum absolute atomic E-state index is 0.0540. The van der Waals surface area contributed by atoms with Gasteiger partial charge < -0.3 is 19.4 Å². The van der Waals surface area contributed by atoms with Gasteiger partial charge in [-0.15, -0.1) is 0 Å². The maximum atomic E-state index is 12.7. The summed E-state index contributed by atoms with van der Waals surface area (Å²) in [7, 11) is 5.13. The van der Waals surface area contributed by atoms with Crippen LogP contribution in [-0.2, 0) is 18.3 Å². The van der Waals surface area contributed by atoms with Gasteiger partial charge >= 0.3 is 0 Å². The molecular formula is C22H25N3O3. The van der Waals surface area contributed by atoms with Crippen LogP contribution in [0.3, 0.4) is 0 Å². The fourth-order valence-corrected chi connectivity index (χ4v) is 3.23. The van der Waals surface area contributed by atoms with E-state index in [4.69, 9.17) is 9.47 Å². The number of carbonyl (C=O) groups excluding carboxylic acids is 1. The van der Waals surface area contributed by atoms with Gasteiger partial charge in [-0.3, -0.25) is 4.79 Å². The third-order valence-corrected chi connectivity index (χ3v) is 4.66. The predicted octanol–water partition coefficient (Wildman–Crippen LogP) is 3.28. The molecular weight excluding hydrogens is 354 g/mol. The highest BCUT2D eigenvalue weighted by Crippen LogP contribution is 2.31. The average Bonchev–Trinajstić information content (AvgIpc) is 3.16. The van der Waals surface area contributed by atoms with Crippen LogP contribution in [0, 0.1) is 0 Å². The molecule has 3 aromatic rings. The van der Waals surface area contributed by atoms with Crippen molar-refractivity contribution in [1.82, 2.24) is 14.9 Å². The van der Waals surface area contributed by atoms with Gasteiger partial charge in [0, 0.05) is 25.9 Å². The van der Waals surface area contributed by atoms with E-state index in [1.54, 1.807) is 20.4 Å². The van der Waals surface area contributed by atoms with E-state index < -0.39 is 0 Å².